The van der Waals surface area contributed by atoms with Crippen LogP contribution in [0.3, 0.4) is 0 Å². The molecule has 1 rings (SSSR count). The number of alkyl halides is 4. The predicted octanol–water partition coefficient (Wildman–Crippen LogP) is 4.31. The molecule has 0 radical (unpaired) electrons. The molecule has 0 N–H and O–H groups in total. The van der Waals surface area contributed by atoms with Crippen LogP contribution in [0, 0.1) is 0 Å². The van der Waals surface area contributed by atoms with Gasteiger partial charge in [-0.15, -0.1) is 0 Å². The van der Waals surface area contributed by atoms with Gasteiger partial charge < -0.3 is 4.90 Å². The van der Waals surface area contributed by atoms with E-state index in [-0.39, 0.29) is 0 Å². The summed E-state index contributed by atoms with van der Waals surface area (Å²) in [4.78, 5) is 2.55. The van der Waals surface area contributed by atoms with Crippen LogP contribution in [0.5, 0.6) is 0 Å². The number of nitrogens with zero attached hydrogens (tertiary/aromatic N) is 1. The lowest BCUT2D eigenvalue weighted by molar-refractivity contribution is -0.137. The van der Waals surface area contributed by atoms with Crippen LogP contribution in [-0.4, -0.2) is 23.3 Å². The van der Waals surface area contributed by atoms with E-state index in [1.165, 1.54) is 12.1 Å². The van der Waals surface area contributed by atoms with Crippen LogP contribution in [0.1, 0.15) is 24.5 Å². The van der Waals surface area contributed by atoms with Crippen LogP contribution in [-0.2, 0) is 12.7 Å². The average Bonchev–Trinajstić information content (AvgIpc) is 2.26. The van der Waals surface area contributed by atoms with Gasteiger partial charge in [0, 0.05) is 11.4 Å². The first kappa shape index (κ1) is 15.5. The van der Waals surface area contributed by atoms with Crippen molar-refractivity contribution >= 4 is 15.9 Å². The van der Waals surface area contributed by atoms with E-state index in [4.69, 9.17) is 0 Å². The van der Waals surface area contributed by atoms with Crippen LogP contribution in [0.4, 0.5) is 13.2 Å². The number of halogens is 4. The molecule has 0 saturated heterocycles. The van der Waals surface area contributed by atoms with Crippen LogP contribution >= 0.6 is 15.9 Å². The number of rotatable bonds is 5. The Morgan fingerprint density at radius 1 is 1.22 bits per heavy atom. The van der Waals surface area contributed by atoms with Gasteiger partial charge in [-0.05, 0) is 37.7 Å². The van der Waals surface area contributed by atoms with E-state index in [1.54, 1.807) is 0 Å². The second kappa shape index (κ2) is 6.57. The molecule has 1 nitrogen and oxygen atoms in total. The summed E-state index contributed by atoms with van der Waals surface area (Å²) < 4.78 is 37.1. The molecule has 0 heterocycles. The van der Waals surface area contributed by atoms with Crippen LogP contribution < -0.4 is 0 Å². The van der Waals surface area contributed by atoms with Gasteiger partial charge in [-0.1, -0.05) is 35.0 Å². The molecule has 0 fully saturated rings. The summed E-state index contributed by atoms with van der Waals surface area (Å²) in [6.07, 6.45) is -3.24. The van der Waals surface area contributed by atoms with Crippen molar-refractivity contribution in [3.8, 4) is 0 Å². The quantitative estimate of drug-likeness (QED) is 0.730. The SMILES string of the molecule is CC(Br)CCN(C)Cc1ccc(C(F)(F)F)cc1. The summed E-state index contributed by atoms with van der Waals surface area (Å²) in [5, 5.41) is 0. The number of benzene rings is 1. The highest BCUT2D eigenvalue weighted by atomic mass is 79.9. The number of hydrogen-bond donors (Lipinski definition) is 0. The Kier molecular flexibility index (Phi) is 5.66. The Morgan fingerprint density at radius 2 is 1.78 bits per heavy atom. The summed E-state index contributed by atoms with van der Waals surface area (Å²) in [5.74, 6) is 0. The van der Waals surface area contributed by atoms with Crippen molar-refractivity contribution in [3.05, 3.63) is 35.4 Å². The second-order valence-electron chi connectivity index (χ2n) is 4.50. The van der Waals surface area contributed by atoms with Crippen molar-refractivity contribution in [2.75, 3.05) is 13.6 Å². The summed E-state index contributed by atoms with van der Waals surface area (Å²) in [6.45, 7) is 3.65. The van der Waals surface area contributed by atoms with Gasteiger partial charge in [-0.3, -0.25) is 0 Å². The van der Waals surface area contributed by atoms with Crippen LogP contribution in [0.2, 0.25) is 0 Å². The molecule has 0 amide bonds. The molecular weight excluding hydrogens is 307 g/mol. The Morgan fingerprint density at radius 3 is 2.22 bits per heavy atom. The maximum absolute atomic E-state index is 12.4. The van der Waals surface area contributed by atoms with E-state index in [9.17, 15) is 13.2 Å². The fraction of sp³-hybridized carbons (Fsp3) is 0.538. The first-order chi connectivity index (χ1) is 8.29. The van der Waals surface area contributed by atoms with Gasteiger partial charge in [0.2, 0.25) is 0 Å². The molecule has 1 unspecified atom stereocenters. The van der Waals surface area contributed by atoms with E-state index in [0.29, 0.717) is 11.4 Å². The molecule has 0 aliphatic rings. The monoisotopic (exact) mass is 323 g/mol. The van der Waals surface area contributed by atoms with Gasteiger partial charge in [-0.25, -0.2) is 0 Å². The third kappa shape index (κ3) is 5.40. The fourth-order valence-corrected chi connectivity index (χ4v) is 1.79. The van der Waals surface area contributed by atoms with Gasteiger partial charge in [0.15, 0.2) is 0 Å². The van der Waals surface area contributed by atoms with Gasteiger partial charge in [0.05, 0.1) is 5.56 Å². The van der Waals surface area contributed by atoms with Crippen molar-refractivity contribution in [1.82, 2.24) is 4.90 Å². The summed E-state index contributed by atoms with van der Waals surface area (Å²) in [7, 11) is 1.97. The highest BCUT2D eigenvalue weighted by Gasteiger charge is 2.29. The molecule has 1 aromatic rings. The second-order valence-corrected chi connectivity index (χ2v) is 6.07. The Bertz CT molecular complexity index is 359. The van der Waals surface area contributed by atoms with E-state index < -0.39 is 11.7 Å². The molecular formula is C13H17BrF3N. The molecule has 0 aliphatic heterocycles. The molecule has 0 aromatic heterocycles. The predicted molar refractivity (Wildman–Crippen MR) is 70.8 cm³/mol. The first-order valence-electron chi connectivity index (χ1n) is 5.78. The molecule has 0 spiro atoms. The molecule has 0 saturated carbocycles. The molecule has 0 aliphatic carbocycles. The smallest absolute Gasteiger partial charge is 0.302 e. The summed E-state index contributed by atoms with van der Waals surface area (Å²) in [5.41, 5.74) is 0.302. The van der Waals surface area contributed by atoms with Gasteiger partial charge in [0.1, 0.15) is 0 Å². The van der Waals surface area contributed by atoms with Gasteiger partial charge in [-0.2, -0.15) is 13.2 Å². The van der Waals surface area contributed by atoms with Crippen LogP contribution in [0.25, 0.3) is 0 Å². The zero-order chi connectivity index (χ0) is 13.8. The van der Waals surface area contributed by atoms with E-state index in [0.717, 1.165) is 30.7 Å². The Hall–Kier alpha value is -0.550. The summed E-state index contributed by atoms with van der Waals surface area (Å²) >= 11 is 3.47. The number of hydrogen-bond acceptors (Lipinski definition) is 1. The Labute approximate surface area is 114 Å². The molecule has 18 heavy (non-hydrogen) atoms. The lowest BCUT2D eigenvalue weighted by atomic mass is 10.1. The van der Waals surface area contributed by atoms with E-state index in [1.807, 2.05) is 7.05 Å². The normalized spacial score (nSPS) is 13.9. The van der Waals surface area contributed by atoms with Crippen molar-refractivity contribution in [2.45, 2.75) is 30.9 Å². The lowest BCUT2D eigenvalue weighted by Gasteiger charge is -2.17. The topological polar surface area (TPSA) is 3.24 Å². The van der Waals surface area contributed by atoms with E-state index in [2.05, 4.69) is 27.8 Å². The van der Waals surface area contributed by atoms with Crippen LogP contribution in [0.15, 0.2) is 24.3 Å². The minimum atomic E-state index is -4.25. The molecule has 5 heteroatoms. The lowest BCUT2D eigenvalue weighted by Crippen LogP contribution is -2.20. The van der Waals surface area contributed by atoms with Gasteiger partial charge >= 0.3 is 6.18 Å². The zero-order valence-corrected chi connectivity index (χ0v) is 12.1. The standard InChI is InChI=1S/C13H17BrF3N/c1-10(14)7-8-18(2)9-11-3-5-12(6-4-11)13(15,16)17/h3-6,10H,7-9H2,1-2H3. The van der Waals surface area contributed by atoms with Crippen molar-refractivity contribution in [2.24, 2.45) is 0 Å². The minimum absolute atomic E-state index is 0.451. The molecule has 0 bridgehead atoms. The van der Waals surface area contributed by atoms with Crippen molar-refractivity contribution in [1.29, 1.82) is 0 Å². The Balaban J connectivity index is 2.53. The highest BCUT2D eigenvalue weighted by molar-refractivity contribution is 9.09. The van der Waals surface area contributed by atoms with Crippen molar-refractivity contribution in [3.63, 3.8) is 0 Å². The largest absolute Gasteiger partial charge is 0.416 e. The summed E-state index contributed by atoms with van der Waals surface area (Å²) in [6, 6.07) is 5.35. The third-order valence-corrected chi connectivity index (χ3v) is 3.10. The average molecular weight is 324 g/mol. The van der Waals surface area contributed by atoms with Crippen molar-refractivity contribution < 1.29 is 13.2 Å². The molecule has 1 aromatic carbocycles. The maximum Gasteiger partial charge on any atom is 0.416 e. The first-order valence-corrected chi connectivity index (χ1v) is 6.69. The third-order valence-electron chi connectivity index (χ3n) is 2.64. The maximum atomic E-state index is 12.4. The minimum Gasteiger partial charge on any atom is -0.302 e. The van der Waals surface area contributed by atoms with Gasteiger partial charge in [0.25, 0.3) is 0 Å². The molecule has 102 valence electrons. The molecule has 1 atom stereocenters. The highest BCUT2D eigenvalue weighted by Crippen LogP contribution is 2.29. The zero-order valence-electron chi connectivity index (χ0n) is 10.5. The fourth-order valence-electron chi connectivity index (χ4n) is 1.59. The van der Waals surface area contributed by atoms with E-state index >= 15 is 0 Å².